The Morgan fingerprint density at radius 3 is 3.00 bits per heavy atom. The van der Waals surface area contributed by atoms with E-state index in [0.717, 1.165) is 25.3 Å². The van der Waals surface area contributed by atoms with Gasteiger partial charge >= 0.3 is 0 Å². The van der Waals surface area contributed by atoms with Gasteiger partial charge in [0.05, 0.1) is 0 Å². The summed E-state index contributed by atoms with van der Waals surface area (Å²) < 4.78 is 0. The maximum Gasteiger partial charge on any atom is 0.0490 e. The Hall–Kier alpha value is -0.870. The van der Waals surface area contributed by atoms with Crippen LogP contribution in [-0.2, 0) is 6.54 Å². The second-order valence-corrected chi connectivity index (χ2v) is 3.72. The summed E-state index contributed by atoms with van der Waals surface area (Å²) in [5.41, 5.74) is 1.14. The quantitative estimate of drug-likeness (QED) is 0.708. The van der Waals surface area contributed by atoms with Crippen LogP contribution >= 0.6 is 0 Å². The van der Waals surface area contributed by atoms with Crippen molar-refractivity contribution in [3.63, 3.8) is 0 Å². The van der Waals surface area contributed by atoms with Gasteiger partial charge in [0.1, 0.15) is 0 Å². The van der Waals surface area contributed by atoms with Crippen LogP contribution in [0.4, 0.5) is 0 Å². The van der Waals surface area contributed by atoms with Crippen LogP contribution in [-0.4, -0.2) is 41.3 Å². The molecule has 80 valence electrons. The third-order valence-corrected chi connectivity index (χ3v) is 2.32. The molecular formula is C10H20N4. The van der Waals surface area contributed by atoms with E-state index in [0.29, 0.717) is 6.04 Å². The van der Waals surface area contributed by atoms with Crippen LogP contribution in [0.5, 0.6) is 0 Å². The lowest BCUT2D eigenvalue weighted by molar-refractivity contribution is 0.309. The van der Waals surface area contributed by atoms with Gasteiger partial charge in [0.25, 0.3) is 0 Å². The lowest BCUT2D eigenvalue weighted by atomic mass is 10.3. The number of nitrogens with one attached hydrogen (secondary N) is 2. The van der Waals surface area contributed by atoms with Crippen LogP contribution in [0.25, 0.3) is 0 Å². The summed E-state index contributed by atoms with van der Waals surface area (Å²) in [5, 5.41) is 10.3. The molecule has 1 rings (SSSR count). The average Bonchev–Trinajstić information content (AvgIpc) is 2.67. The van der Waals surface area contributed by atoms with Crippen molar-refractivity contribution in [1.29, 1.82) is 0 Å². The molecule has 14 heavy (non-hydrogen) atoms. The van der Waals surface area contributed by atoms with E-state index in [1.165, 1.54) is 0 Å². The number of H-pyrrole nitrogens is 1. The number of hydrogen-bond acceptors (Lipinski definition) is 3. The van der Waals surface area contributed by atoms with Gasteiger partial charge in [-0.3, -0.25) is 5.10 Å². The first kappa shape index (κ1) is 11.2. The topological polar surface area (TPSA) is 44.0 Å². The summed E-state index contributed by atoms with van der Waals surface area (Å²) in [6.45, 7) is 7.39. The van der Waals surface area contributed by atoms with Gasteiger partial charge in [-0.2, -0.15) is 5.10 Å². The Morgan fingerprint density at radius 1 is 1.64 bits per heavy atom. The molecule has 0 aromatic carbocycles. The molecule has 1 atom stereocenters. The van der Waals surface area contributed by atoms with Gasteiger partial charge in [-0.1, -0.05) is 6.92 Å². The molecule has 0 fully saturated rings. The summed E-state index contributed by atoms with van der Waals surface area (Å²) in [7, 11) is 2.13. The first-order valence-corrected chi connectivity index (χ1v) is 5.12. The molecule has 4 nitrogen and oxygen atoms in total. The maximum absolute atomic E-state index is 3.90. The molecule has 0 saturated carbocycles. The minimum Gasteiger partial charge on any atom is -0.307 e. The van der Waals surface area contributed by atoms with Crippen LogP contribution < -0.4 is 5.32 Å². The average molecular weight is 196 g/mol. The van der Waals surface area contributed by atoms with Gasteiger partial charge < -0.3 is 10.2 Å². The third kappa shape index (κ3) is 3.89. The van der Waals surface area contributed by atoms with Crippen molar-refractivity contribution in [2.45, 2.75) is 26.4 Å². The van der Waals surface area contributed by atoms with Gasteiger partial charge in [-0.25, -0.2) is 0 Å². The highest BCUT2D eigenvalue weighted by molar-refractivity contribution is 4.96. The molecule has 0 bridgehead atoms. The number of aromatic amines is 1. The molecule has 1 aromatic heterocycles. The molecule has 0 aliphatic carbocycles. The zero-order valence-electron chi connectivity index (χ0n) is 9.25. The highest BCUT2D eigenvalue weighted by atomic mass is 15.1. The summed E-state index contributed by atoms with van der Waals surface area (Å²) in [6, 6.07) is 2.49. The van der Waals surface area contributed by atoms with E-state index in [2.05, 4.69) is 41.3 Å². The Morgan fingerprint density at radius 2 is 2.43 bits per heavy atom. The Balaban J connectivity index is 2.18. The van der Waals surface area contributed by atoms with E-state index in [-0.39, 0.29) is 0 Å². The fourth-order valence-electron chi connectivity index (χ4n) is 1.33. The van der Waals surface area contributed by atoms with Crippen molar-refractivity contribution in [2.24, 2.45) is 0 Å². The summed E-state index contributed by atoms with van der Waals surface area (Å²) >= 11 is 0. The lowest BCUT2D eigenvalue weighted by Crippen LogP contribution is -2.36. The Kier molecular flexibility index (Phi) is 4.62. The van der Waals surface area contributed by atoms with Crippen molar-refractivity contribution in [3.8, 4) is 0 Å². The van der Waals surface area contributed by atoms with Crippen LogP contribution in [0, 0.1) is 0 Å². The molecule has 0 aliphatic heterocycles. The predicted octanol–water partition coefficient (Wildman–Crippen LogP) is 0.839. The Labute approximate surface area is 85.7 Å². The van der Waals surface area contributed by atoms with E-state index in [9.17, 15) is 0 Å². The fraction of sp³-hybridized carbons (Fsp3) is 0.700. The van der Waals surface area contributed by atoms with Crippen molar-refractivity contribution in [3.05, 3.63) is 18.0 Å². The first-order valence-electron chi connectivity index (χ1n) is 5.12. The SMILES string of the molecule is CCN(C)CC(C)NCc1ccn[nH]1. The molecule has 0 radical (unpaired) electrons. The van der Waals surface area contributed by atoms with Gasteiger partial charge in [0.2, 0.25) is 0 Å². The van der Waals surface area contributed by atoms with Gasteiger partial charge in [0.15, 0.2) is 0 Å². The second kappa shape index (κ2) is 5.78. The zero-order valence-corrected chi connectivity index (χ0v) is 9.25. The van der Waals surface area contributed by atoms with Gasteiger partial charge in [0, 0.05) is 31.0 Å². The van der Waals surface area contributed by atoms with E-state index < -0.39 is 0 Å². The third-order valence-electron chi connectivity index (χ3n) is 2.32. The minimum atomic E-state index is 0.503. The number of rotatable bonds is 6. The molecule has 0 saturated heterocycles. The van der Waals surface area contributed by atoms with Crippen molar-refractivity contribution in [2.75, 3.05) is 20.1 Å². The monoisotopic (exact) mass is 196 g/mol. The largest absolute Gasteiger partial charge is 0.307 e. The first-order chi connectivity index (χ1) is 6.72. The molecule has 0 spiro atoms. The lowest BCUT2D eigenvalue weighted by Gasteiger charge is -2.20. The zero-order chi connectivity index (χ0) is 10.4. The van der Waals surface area contributed by atoms with Gasteiger partial charge in [-0.15, -0.1) is 0 Å². The Bertz CT molecular complexity index is 232. The molecular weight excluding hydrogens is 176 g/mol. The fourth-order valence-corrected chi connectivity index (χ4v) is 1.33. The van der Waals surface area contributed by atoms with E-state index in [1.807, 2.05) is 6.07 Å². The van der Waals surface area contributed by atoms with Gasteiger partial charge in [-0.05, 0) is 26.6 Å². The van der Waals surface area contributed by atoms with Crippen LogP contribution in [0.15, 0.2) is 12.3 Å². The van der Waals surface area contributed by atoms with E-state index in [1.54, 1.807) is 6.20 Å². The number of likely N-dealkylation sites (N-methyl/N-ethyl adjacent to an activating group) is 1. The highest BCUT2D eigenvalue weighted by Crippen LogP contribution is 1.93. The standard InChI is InChI=1S/C10H20N4/c1-4-14(3)8-9(2)11-7-10-5-6-12-13-10/h5-6,9,11H,4,7-8H2,1-3H3,(H,12,13). The molecule has 1 heterocycles. The second-order valence-electron chi connectivity index (χ2n) is 3.72. The molecule has 4 heteroatoms. The molecule has 0 amide bonds. The normalized spacial score (nSPS) is 13.4. The van der Waals surface area contributed by atoms with Crippen LogP contribution in [0.3, 0.4) is 0 Å². The number of nitrogens with zero attached hydrogens (tertiary/aromatic N) is 2. The smallest absolute Gasteiger partial charge is 0.0490 e. The molecule has 0 aliphatic rings. The van der Waals surface area contributed by atoms with E-state index in [4.69, 9.17) is 0 Å². The predicted molar refractivity (Wildman–Crippen MR) is 58.1 cm³/mol. The van der Waals surface area contributed by atoms with Crippen molar-refractivity contribution in [1.82, 2.24) is 20.4 Å². The molecule has 2 N–H and O–H groups in total. The number of aromatic nitrogens is 2. The summed E-state index contributed by atoms with van der Waals surface area (Å²) in [4.78, 5) is 2.30. The molecule has 1 aromatic rings. The summed E-state index contributed by atoms with van der Waals surface area (Å²) in [5.74, 6) is 0. The van der Waals surface area contributed by atoms with Crippen LogP contribution in [0.2, 0.25) is 0 Å². The summed E-state index contributed by atoms with van der Waals surface area (Å²) in [6.07, 6.45) is 1.78. The van der Waals surface area contributed by atoms with E-state index >= 15 is 0 Å². The van der Waals surface area contributed by atoms with Crippen molar-refractivity contribution < 1.29 is 0 Å². The molecule has 1 unspecified atom stereocenters. The highest BCUT2D eigenvalue weighted by Gasteiger charge is 2.04. The minimum absolute atomic E-state index is 0.503. The van der Waals surface area contributed by atoms with Crippen LogP contribution in [0.1, 0.15) is 19.5 Å². The number of hydrogen-bond donors (Lipinski definition) is 2. The van der Waals surface area contributed by atoms with Crippen molar-refractivity contribution >= 4 is 0 Å². The maximum atomic E-state index is 3.90.